The quantitative estimate of drug-likeness (QED) is 0.295. The molecule has 2 aliphatic heterocycles. The van der Waals surface area contributed by atoms with Crippen molar-refractivity contribution < 1.29 is 19.0 Å². The number of rotatable bonds is 4. The molecule has 0 bridgehead atoms. The summed E-state index contributed by atoms with van der Waals surface area (Å²) < 4.78 is 17.9. The van der Waals surface area contributed by atoms with Crippen molar-refractivity contribution in [3.8, 4) is 17.2 Å². The Morgan fingerprint density at radius 2 is 1.97 bits per heavy atom. The molecule has 5 rings (SSSR count). The number of hydrogen-bond acceptors (Lipinski definition) is 6. The zero-order chi connectivity index (χ0) is 23.1. The van der Waals surface area contributed by atoms with Gasteiger partial charge in [0.1, 0.15) is 5.75 Å². The number of hydrazone groups is 1. The molecule has 0 unspecified atom stereocenters. The van der Waals surface area contributed by atoms with Crippen molar-refractivity contribution >= 4 is 39.2 Å². The highest BCUT2D eigenvalue weighted by Gasteiger charge is 2.41. The molecule has 0 N–H and O–H groups in total. The van der Waals surface area contributed by atoms with Gasteiger partial charge in [-0.05, 0) is 51.8 Å². The van der Waals surface area contributed by atoms with Crippen molar-refractivity contribution in [2.45, 2.75) is 25.6 Å². The third-order valence-corrected chi connectivity index (χ3v) is 6.47. The zero-order valence-electron chi connectivity index (χ0n) is 17.9. The van der Waals surface area contributed by atoms with Gasteiger partial charge < -0.3 is 14.2 Å². The van der Waals surface area contributed by atoms with Crippen LogP contribution in [-0.2, 0) is 4.79 Å². The molecule has 0 spiro atoms. The fourth-order valence-corrected chi connectivity index (χ4v) is 4.93. The second-order valence-electron chi connectivity index (χ2n) is 7.79. The normalized spacial score (nSPS) is 18.7. The minimum absolute atomic E-state index is 0.0365. The highest BCUT2D eigenvalue weighted by atomic mass is 79.9. The van der Waals surface area contributed by atoms with E-state index in [1.807, 2.05) is 53.5 Å². The smallest absolute Gasteiger partial charge is 0.308 e. The summed E-state index contributed by atoms with van der Waals surface area (Å²) in [5.41, 5.74) is 3.84. The van der Waals surface area contributed by atoms with Gasteiger partial charge in [0.05, 0.1) is 23.3 Å². The number of carbonyl (C=O) groups excluding carboxylic acids is 1. The Labute approximate surface area is 204 Å². The van der Waals surface area contributed by atoms with Gasteiger partial charge in [0.25, 0.3) is 0 Å². The lowest BCUT2D eigenvalue weighted by Gasteiger charge is -2.38. The maximum Gasteiger partial charge on any atom is 0.308 e. The number of carbonyl (C=O) groups is 1. The lowest BCUT2D eigenvalue weighted by atomic mass is 9.96. The Morgan fingerprint density at radius 3 is 2.70 bits per heavy atom. The molecular weight excluding hydrogens is 508 g/mol. The molecule has 8 heteroatoms. The molecule has 0 radical (unpaired) electrons. The fraction of sp³-hybridized carbons (Fsp3) is 0.200. The predicted octanol–water partition coefficient (Wildman–Crippen LogP) is 6.28. The van der Waals surface area contributed by atoms with Crippen LogP contribution in [0.2, 0.25) is 5.02 Å². The van der Waals surface area contributed by atoms with Crippen LogP contribution in [0.1, 0.15) is 42.3 Å². The predicted molar refractivity (Wildman–Crippen MR) is 129 cm³/mol. The maximum absolute atomic E-state index is 11.5. The van der Waals surface area contributed by atoms with Gasteiger partial charge in [-0.15, -0.1) is 0 Å². The third-order valence-electron chi connectivity index (χ3n) is 5.64. The molecular formula is C25H20BrClN2O4. The minimum Gasteiger partial charge on any atom is -0.493 e. The fourth-order valence-electron chi connectivity index (χ4n) is 4.21. The van der Waals surface area contributed by atoms with Gasteiger partial charge in [-0.2, -0.15) is 5.10 Å². The molecule has 2 aliphatic rings. The molecule has 0 amide bonds. The molecule has 0 aliphatic carbocycles. The summed E-state index contributed by atoms with van der Waals surface area (Å²) in [6.07, 6.45) is 0.211. The first kappa shape index (κ1) is 21.8. The van der Waals surface area contributed by atoms with Crippen LogP contribution in [-0.4, -0.2) is 23.8 Å². The van der Waals surface area contributed by atoms with Crippen LogP contribution in [0.15, 0.2) is 70.2 Å². The van der Waals surface area contributed by atoms with Gasteiger partial charge in [-0.1, -0.05) is 41.9 Å². The number of methoxy groups -OCH3 is 1. The first-order valence-electron chi connectivity index (χ1n) is 10.4. The zero-order valence-corrected chi connectivity index (χ0v) is 20.3. The number of benzene rings is 3. The van der Waals surface area contributed by atoms with Crippen LogP contribution in [0.4, 0.5) is 0 Å². The van der Waals surface area contributed by atoms with E-state index in [0.717, 1.165) is 34.6 Å². The van der Waals surface area contributed by atoms with Gasteiger partial charge in [0.2, 0.25) is 6.23 Å². The van der Waals surface area contributed by atoms with Gasteiger partial charge in [0.15, 0.2) is 11.5 Å². The Hall–Kier alpha value is -3.03. The summed E-state index contributed by atoms with van der Waals surface area (Å²) in [6.45, 7) is 1.35. The molecule has 6 nitrogen and oxygen atoms in total. The van der Waals surface area contributed by atoms with E-state index in [4.69, 9.17) is 30.9 Å². The second-order valence-corrected chi connectivity index (χ2v) is 9.08. The standard InChI is InChI=1S/C25H20BrClN2O4/c1-14(30)32-24-19(26)10-16(11-23(24)31-2)25-29-21(18-12-17(27)8-9-22(18)33-25)13-20(28-29)15-6-4-3-5-7-15/h3-12,21,25H,13H2,1-2H3/t21-,25+/m0/s1. The van der Waals surface area contributed by atoms with Crippen LogP contribution < -0.4 is 14.2 Å². The highest BCUT2D eigenvalue weighted by molar-refractivity contribution is 9.10. The van der Waals surface area contributed by atoms with E-state index in [-0.39, 0.29) is 6.04 Å². The number of hydrogen-bond donors (Lipinski definition) is 0. The number of fused-ring (bicyclic) bond motifs is 3. The van der Waals surface area contributed by atoms with E-state index >= 15 is 0 Å². The van der Waals surface area contributed by atoms with Gasteiger partial charge in [-0.3, -0.25) is 4.79 Å². The summed E-state index contributed by atoms with van der Waals surface area (Å²) in [6, 6.07) is 19.4. The van der Waals surface area contributed by atoms with Crippen LogP contribution in [0.3, 0.4) is 0 Å². The van der Waals surface area contributed by atoms with Crippen molar-refractivity contribution in [3.05, 3.63) is 86.8 Å². The summed E-state index contributed by atoms with van der Waals surface area (Å²) in [5, 5.41) is 7.58. The van der Waals surface area contributed by atoms with Crippen molar-refractivity contribution in [2.24, 2.45) is 5.10 Å². The molecule has 3 aromatic rings. The molecule has 0 saturated heterocycles. The molecule has 33 heavy (non-hydrogen) atoms. The van der Waals surface area contributed by atoms with E-state index in [9.17, 15) is 4.79 Å². The summed E-state index contributed by atoms with van der Waals surface area (Å²) in [4.78, 5) is 11.5. The average Bonchev–Trinajstić information content (AvgIpc) is 3.26. The molecule has 2 atom stereocenters. The number of halogens is 2. The molecule has 0 aromatic heterocycles. The first-order valence-corrected chi connectivity index (χ1v) is 11.5. The van der Waals surface area contributed by atoms with Gasteiger partial charge in [0, 0.05) is 29.5 Å². The largest absolute Gasteiger partial charge is 0.493 e. The minimum atomic E-state index is -0.513. The first-order chi connectivity index (χ1) is 15.9. The number of ether oxygens (including phenoxy) is 3. The monoisotopic (exact) mass is 526 g/mol. The number of esters is 1. The lowest BCUT2D eigenvalue weighted by Crippen LogP contribution is -2.33. The topological polar surface area (TPSA) is 60.4 Å². The van der Waals surface area contributed by atoms with Crippen molar-refractivity contribution in [1.82, 2.24) is 5.01 Å². The van der Waals surface area contributed by atoms with E-state index in [1.165, 1.54) is 14.0 Å². The van der Waals surface area contributed by atoms with Crippen molar-refractivity contribution in [3.63, 3.8) is 0 Å². The average molecular weight is 528 g/mol. The van der Waals surface area contributed by atoms with Crippen molar-refractivity contribution in [2.75, 3.05) is 7.11 Å². The van der Waals surface area contributed by atoms with Crippen LogP contribution in [0.25, 0.3) is 0 Å². The summed E-state index contributed by atoms with van der Waals surface area (Å²) >= 11 is 9.83. The van der Waals surface area contributed by atoms with Gasteiger partial charge >= 0.3 is 5.97 Å². The Morgan fingerprint density at radius 1 is 1.18 bits per heavy atom. The third kappa shape index (κ3) is 4.07. The van der Waals surface area contributed by atoms with Gasteiger partial charge in [-0.25, -0.2) is 5.01 Å². The maximum atomic E-state index is 11.5. The van der Waals surface area contributed by atoms with Crippen LogP contribution in [0, 0.1) is 0 Å². The van der Waals surface area contributed by atoms with Crippen LogP contribution >= 0.6 is 27.5 Å². The highest BCUT2D eigenvalue weighted by Crippen LogP contribution is 2.49. The molecule has 2 heterocycles. The molecule has 3 aromatic carbocycles. The second kappa shape index (κ2) is 8.72. The van der Waals surface area contributed by atoms with Crippen molar-refractivity contribution in [1.29, 1.82) is 0 Å². The number of nitrogens with zero attached hydrogens (tertiary/aromatic N) is 2. The Kier molecular flexibility index (Phi) is 5.76. The van der Waals surface area contributed by atoms with Crippen LogP contribution in [0.5, 0.6) is 17.2 Å². The molecule has 168 valence electrons. The molecule has 0 fully saturated rings. The molecule has 0 saturated carbocycles. The van der Waals surface area contributed by atoms with E-state index in [1.54, 1.807) is 0 Å². The summed E-state index contributed by atoms with van der Waals surface area (Å²) in [7, 11) is 1.53. The van der Waals surface area contributed by atoms with E-state index < -0.39 is 12.2 Å². The Balaban J connectivity index is 1.61. The SMILES string of the molecule is COc1cc([C@H]2Oc3ccc(Cl)cc3[C@@H]3CC(c4ccccc4)=NN23)cc(Br)c1OC(C)=O. The lowest BCUT2D eigenvalue weighted by molar-refractivity contribution is -0.132. The van der Waals surface area contributed by atoms with E-state index in [2.05, 4.69) is 28.1 Å². The summed E-state index contributed by atoms with van der Waals surface area (Å²) in [5.74, 6) is 1.07. The Bertz CT molecular complexity index is 1260. The van der Waals surface area contributed by atoms with E-state index in [0.29, 0.717) is 21.0 Å².